The minimum absolute atomic E-state index is 0.0450. The molecule has 0 fully saturated rings. The van der Waals surface area contributed by atoms with Gasteiger partial charge in [0.2, 0.25) is 5.91 Å². The molecule has 1 aliphatic heterocycles. The van der Waals surface area contributed by atoms with E-state index in [-0.39, 0.29) is 17.9 Å². The highest BCUT2D eigenvalue weighted by Crippen LogP contribution is 2.32. The van der Waals surface area contributed by atoms with Crippen molar-refractivity contribution in [3.8, 4) is 0 Å². The molecule has 2 aromatic carbocycles. The minimum atomic E-state index is -0.162. The van der Waals surface area contributed by atoms with Gasteiger partial charge in [0.1, 0.15) is 0 Å². The van der Waals surface area contributed by atoms with Gasteiger partial charge in [-0.15, -0.1) is 0 Å². The zero-order chi connectivity index (χ0) is 17.1. The van der Waals surface area contributed by atoms with E-state index in [1.165, 1.54) is 5.56 Å². The second-order valence-electron chi connectivity index (χ2n) is 5.96. The van der Waals surface area contributed by atoms with Gasteiger partial charge in [0.25, 0.3) is 5.91 Å². The van der Waals surface area contributed by atoms with Gasteiger partial charge >= 0.3 is 0 Å². The van der Waals surface area contributed by atoms with Crippen LogP contribution in [0.15, 0.2) is 53.0 Å². The fourth-order valence-electron chi connectivity index (χ4n) is 3.05. The Balaban J connectivity index is 1.56. The maximum atomic E-state index is 12.5. The lowest BCUT2D eigenvalue weighted by atomic mass is 10.1. The second kappa shape index (κ2) is 7.18. The monoisotopic (exact) mass is 386 g/mol. The molecule has 0 aromatic heterocycles. The number of anilines is 1. The van der Waals surface area contributed by atoms with Crippen molar-refractivity contribution >= 4 is 33.4 Å². The summed E-state index contributed by atoms with van der Waals surface area (Å²) in [7, 11) is 0. The number of carbonyl (C=O) groups excluding carboxylic acids is 2. The molecule has 4 nitrogen and oxygen atoms in total. The van der Waals surface area contributed by atoms with Crippen molar-refractivity contribution in [3.05, 3.63) is 64.1 Å². The van der Waals surface area contributed by atoms with Crippen LogP contribution >= 0.6 is 15.9 Å². The summed E-state index contributed by atoms with van der Waals surface area (Å²) in [6.07, 6.45) is 1.17. The van der Waals surface area contributed by atoms with Gasteiger partial charge in [-0.25, -0.2) is 0 Å². The molecule has 0 aliphatic carbocycles. The van der Waals surface area contributed by atoms with Crippen molar-refractivity contribution in [1.29, 1.82) is 0 Å². The molecule has 0 radical (unpaired) electrons. The van der Waals surface area contributed by atoms with Gasteiger partial charge in [0.15, 0.2) is 0 Å². The molecule has 24 heavy (non-hydrogen) atoms. The van der Waals surface area contributed by atoms with Gasteiger partial charge < -0.3 is 10.2 Å². The zero-order valence-electron chi connectivity index (χ0n) is 13.5. The quantitative estimate of drug-likeness (QED) is 0.873. The Morgan fingerprint density at radius 3 is 2.62 bits per heavy atom. The van der Waals surface area contributed by atoms with Gasteiger partial charge in [-0.1, -0.05) is 34.1 Å². The summed E-state index contributed by atoms with van der Waals surface area (Å²) >= 11 is 3.34. The van der Waals surface area contributed by atoms with E-state index in [0.29, 0.717) is 18.5 Å². The van der Waals surface area contributed by atoms with Crippen molar-refractivity contribution in [2.45, 2.75) is 25.8 Å². The number of hydrogen-bond acceptors (Lipinski definition) is 2. The molecule has 2 aromatic rings. The molecule has 1 N–H and O–H groups in total. The molecule has 1 heterocycles. The van der Waals surface area contributed by atoms with Crippen LogP contribution in [-0.2, 0) is 11.2 Å². The topological polar surface area (TPSA) is 49.4 Å². The van der Waals surface area contributed by atoms with Crippen LogP contribution in [0.4, 0.5) is 5.69 Å². The first-order chi connectivity index (χ1) is 11.6. The first kappa shape index (κ1) is 16.7. The Labute approximate surface area is 150 Å². The highest BCUT2D eigenvalue weighted by Gasteiger charge is 2.29. The van der Waals surface area contributed by atoms with Crippen LogP contribution in [0.5, 0.6) is 0 Å². The fraction of sp³-hybridized carbons (Fsp3) is 0.263. The van der Waals surface area contributed by atoms with Crippen LogP contribution in [0.25, 0.3) is 0 Å². The lowest BCUT2D eigenvalue weighted by Crippen LogP contribution is -2.38. The summed E-state index contributed by atoms with van der Waals surface area (Å²) in [5.74, 6) is -0.117. The van der Waals surface area contributed by atoms with Gasteiger partial charge in [0.05, 0.1) is 0 Å². The van der Waals surface area contributed by atoms with Crippen LogP contribution in [0.1, 0.15) is 29.3 Å². The molecule has 124 valence electrons. The number of nitrogens with one attached hydrogen (secondary N) is 1. The molecule has 0 saturated heterocycles. The number of benzene rings is 2. The van der Waals surface area contributed by atoms with Crippen LogP contribution in [0.2, 0.25) is 0 Å². The zero-order valence-corrected chi connectivity index (χ0v) is 15.0. The van der Waals surface area contributed by atoms with Crippen molar-refractivity contribution in [3.63, 3.8) is 0 Å². The van der Waals surface area contributed by atoms with E-state index in [0.717, 1.165) is 16.6 Å². The average Bonchev–Trinajstić information content (AvgIpc) is 2.91. The largest absolute Gasteiger partial charge is 0.352 e. The maximum Gasteiger partial charge on any atom is 0.251 e. The molecule has 0 spiro atoms. The number of hydrogen-bond donors (Lipinski definition) is 1. The van der Waals surface area contributed by atoms with E-state index in [2.05, 4.69) is 34.2 Å². The molecule has 1 aliphatic rings. The average molecular weight is 387 g/mol. The Hall–Kier alpha value is -2.14. The normalized spacial score (nSPS) is 15.9. The first-order valence-corrected chi connectivity index (χ1v) is 8.79. The molecule has 2 amide bonds. The SMILES string of the molecule is CC1Cc2ccccc2N1C(=O)CCNC(=O)c1ccc(Br)cc1. The van der Waals surface area contributed by atoms with Gasteiger partial charge in [-0.05, 0) is 49.2 Å². The number of rotatable bonds is 4. The van der Waals surface area contributed by atoms with Crippen molar-refractivity contribution < 1.29 is 9.59 Å². The summed E-state index contributed by atoms with van der Waals surface area (Å²) in [4.78, 5) is 26.5. The molecule has 0 bridgehead atoms. The molecular weight excluding hydrogens is 368 g/mol. The van der Waals surface area contributed by atoms with E-state index in [1.54, 1.807) is 12.1 Å². The van der Waals surface area contributed by atoms with Crippen LogP contribution in [0, 0.1) is 0 Å². The number of carbonyl (C=O) groups is 2. The van der Waals surface area contributed by atoms with Crippen LogP contribution < -0.4 is 10.2 Å². The number of fused-ring (bicyclic) bond motifs is 1. The van der Waals surface area contributed by atoms with E-state index in [1.807, 2.05) is 35.2 Å². The first-order valence-electron chi connectivity index (χ1n) is 8.00. The van der Waals surface area contributed by atoms with Gasteiger partial charge in [0, 0.05) is 34.7 Å². The van der Waals surface area contributed by atoms with Crippen molar-refractivity contribution in [1.82, 2.24) is 5.32 Å². The standard InChI is InChI=1S/C19H19BrN2O2/c1-13-12-15-4-2-3-5-17(15)22(13)18(23)10-11-21-19(24)14-6-8-16(20)9-7-14/h2-9,13H,10-12H2,1H3,(H,21,24). The number of amides is 2. The summed E-state index contributed by atoms with van der Waals surface area (Å²) in [6, 6.07) is 15.3. The predicted octanol–water partition coefficient (Wildman–Crippen LogP) is 3.55. The Kier molecular flexibility index (Phi) is 5.00. The highest BCUT2D eigenvalue weighted by atomic mass is 79.9. The summed E-state index contributed by atoms with van der Waals surface area (Å²) in [6.45, 7) is 2.39. The lowest BCUT2D eigenvalue weighted by molar-refractivity contribution is -0.118. The summed E-state index contributed by atoms with van der Waals surface area (Å²) < 4.78 is 0.927. The summed E-state index contributed by atoms with van der Waals surface area (Å²) in [5, 5.41) is 2.81. The van der Waals surface area contributed by atoms with E-state index in [4.69, 9.17) is 0 Å². The van der Waals surface area contributed by atoms with Crippen molar-refractivity contribution in [2.75, 3.05) is 11.4 Å². The molecule has 5 heteroatoms. The molecule has 1 atom stereocenters. The molecule has 3 rings (SSSR count). The van der Waals surface area contributed by atoms with Gasteiger partial charge in [-0.3, -0.25) is 9.59 Å². The smallest absolute Gasteiger partial charge is 0.251 e. The van der Waals surface area contributed by atoms with E-state index in [9.17, 15) is 9.59 Å². The van der Waals surface area contributed by atoms with E-state index >= 15 is 0 Å². The number of para-hydroxylation sites is 1. The van der Waals surface area contributed by atoms with E-state index < -0.39 is 0 Å². The third-order valence-electron chi connectivity index (χ3n) is 4.21. The van der Waals surface area contributed by atoms with Crippen LogP contribution in [-0.4, -0.2) is 24.4 Å². The fourth-order valence-corrected chi connectivity index (χ4v) is 3.32. The number of nitrogens with zero attached hydrogens (tertiary/aromatic N) is 1. The molecule has 1 unspecified atom stereocenters. The summed E-state index contributed by atoms with van der Waals surface area (Å²) in [5.41, 5.74) is 2.79. The third kappa shape index (κ3) is 3.51. The minimum Gasteiger partial charge on any atom is -0.352 e. The number of halogens is 1. The molecule has 0 saturated carbocycles. The second-order valence-corrected chi connectivity index (χ2v) is 6.87. The Bertz CT molecular complexity index is 758. The maximum absolute atomic E-state index is 12.5. The third-order valence-corrected chi connectivity index (χ3v) is 4.74. The lowest BCUT2D eigenvalue weighted by Gasteiger charge is -2.22. The van der Waals surface area contributed by atoms with Crippen LogP contribution in [0.3, 0.4) is 0 Å². The highest BCUT2D eigenvalue weighted by molar-refractivity contribution is 9.10. The van der Waals surface area contributed by atoms with Crippen molar-refractivity contribution in [2.24, 2.45) is 0 Å². The molecular formula is C19H19BrN2O2. The Morgan fingerprint density at radius 2 is 1.88 bits per heavy atom. The Morgan fingerprint density at radius 1 is 1.17 bits per heavy atom. The van der Waals surface area contributed by atoms with Gasteiger partial charge in [-0.2, -0.15) is 0 Å². The predicted molar refractivity (Wildman–Crippen MR) is 98.2 cm³/mol.